The van der Waals surface area contributed by atoms with Crippen molar-refractivity contribution in [2.75, 3.05) is 6.54 Å². The molecule has 0 bridgehead atoms. The zero-order valence-corrected chi connectivity index (χ0v) is 16.9. The molecule has 0 saturated heterocycles. The van der Waals surface area contributed by atoms with Crippen LogP contribution in [0.15, 0.2) is 36.8 Å². The molecule has 3 aromatic rings. The summed E-state index contributed by atoms with van der Waals surface area (Å²) in [4.78, 5) is 11.4. The highest BCUT2D eigenvalue weighted by Crippen LogP contribution is 2.36. The molecule has 1 atom stereocenters. The van der Waals surface area contributed by atoms with E-state index in [1.807, 2.05) is 25.1 Å². The molecule has 6 heteroatoms. The molecule has 1 saturated carbocycles. The number of halogens is 1. The Balaban J connectivity index is 1.58. The number of pyridine rings is 2. The van der Waals surface area contributed by atoms with E-state index in [-0.39, 0.29) is 0 Å². The predicted octanol–water partition coefficient (Wildman–Crippen LogP) is 3.90. The van der Waals surface area contributed by atoms with Gasteiger partial charge >= 0.3 is 0 Å². The van der Waals surface area contributed by atoms with Crippen LogP contribution in [-0.2, 0) is 25.1 Å². The second-order valence-electron chi connectivity index (χ2n) is 8.36. The second-order valence-corrected chi connectivity index (χ2v) is 8.79. The topological polar surface area (TPSA) is 54.2 Å². The standard InChI is InChI=1S/C22H25ClN4O/c1-22(28,15-4-3-8-24-11-15)14-27-20-7-9-26(17-5-2-6-17)13-19(20)18-10-16(23)12-25-21(18)27/h3-4,8,10-12,17,28H,2,5-7,9,13-14H2,1H3. The van der Waals surface area contributed by atoms with Crippen LogP contribution in [0.2, 0.25) is 5.02 Å². The molecule has 5 rings (SSSR count). The normalized spacial score (nSPS) is 20.0. The van der Waals surface area contributed by atoms with Crippen LogP contribution in [0.3, 0.4) is 0 Å². The fourth-order valence-corrected chi connectivity index (χ4v) is 4.78. The van der Waals surface area contributed by atoms with E-state index in [0.717, 1.165) is 42.1 Å². The third-order valence-corrected chi connectivity index (χ3v) is 6.63. The molecule has 2 aliphatic rings. The van der Waals surface area contributed by atoms with Crippen LogP contribution in [0.25, 0.3) is 11.0 Å². The number of fused-ring (bicyclic) bond motifs is 3. The maximum absolute atomic E-state index is 11.2. The average molecular weight is 397 g/mol. The van der Waals surface area contributed by atoms with Gasteiger partial charge in [-0.25, -0.2) is 4.98 Å². The summed E-state index contributed by atoms with van der Waals surface area (Å²) in [5.74, 6) is 0. The number of hydrogen-bond donors (Lipinski definition) is 1. The van der Waals surface area contributed by atoms with E-state index in [1.165, 1.54) is 30.5 Å². The average Bonchev–Trinajstić information content (AvgIpc) is 2.93. The van der Waals surface area contributed by atoms with Crippen molar-refractivity contribution in [3.05, 3.63) is 58.6 Å². The highest BCUT2D eigenvalue weighted by molar-refractivity contribution is 6.31. The Labute approximate surface area is 170 Å². The molecule has 3 aromatic heterocycles. The van der Waals surface area contributed by atoms with Crippen molar-refractivity contribution in [3.8, 4) is 0 Å². The molecule has 0 radical (unpaired) electrons. The van der Waals surface area contributed by atoms with E-state index >= 15 is 0 Å². The smallest absolute Gasteiger partial charge is 0.140 e. The Morgan fingerprint density at radius 2 is 2.18 bits per heavy atom. The minimum atomic E-state index is -1.03. The maximum Gasteiger partial charge on any atom is 0.140 e. The molecule has 1 aliphatic heterocycles. The van der Waals surface area contributed by atoms with Crippen LogP contribution in [0.4, 0.5) is 0 Å². The molecule has 1 fully saturated rings. The van der Waals surface area contributed by atoms with E-state index in [2.05, 4.69) is 19.4 Å². The number of aliphatic hydroxyl groups is 1. The number of aromatic nitrogens is 3. The van der Waals surface area contributed by atoms with Gasteiger partial charge in [-0.15, -0.1) is 0 Å². The fraction of sp³-hybridized carbons (Fsp3) is 0.455. The zero-order chi connectivity index (χ0) is 19.3. The van der Waals surface area contributed by atoms with Gasteiger partial charge in [-0.3, -0.25) is 9.88 Å². The first-order valence-electron chi connectivity index (χ1n) is 10.1. The van der Waals surface area contributed by atoms with Crippen LogP contribution < -0.4 is 0 Å². The number of hydrogen-bond acceptors (Lipinski definition) is 4. The molecule has 0 aromatic carbocycles. The molecular weight excluding hydrogens is 372 g/mol. The van der Waals surface area contributed by atoms with Crippen molar-refractivity contribution in [1.82, 2.24) is 19.4 Å². The molecule has 4 heterocycles. The molecule has 0 amide bonds. The number of rotatable bonds is 4. The van der Waals surface area contributed by atoms with Gasteiger partial charge in [0.05, 0.1) is 11.6 Å². The van der Waals surface area contributed by atoms with Crippen LogP contribution >= 0.6 is 11.6 Å². The summed E-state index contributed by atoms with van der Waals surface area (Å²) in [6.45, 7) is 4.31. The summed E-state index contributed by atoms with van der Waals surface area (Å²) in [7, 11) is 0. The number of nitrogens with zero attached hydrogens (tertiary/aromatic N) is 4. The van der Waals surface area contributed by atoms with Gasteiger partial charge in [0.2, 0.25) is 0 Å². The van der Waals surface area contributed by atoms with Crippen molar-refractivity contribution < 1.29 is 5.11 Å². The zero-order valence-electron chi connectivity index (χ0n) is 16.1. The lowest BCUT2D eigenvalue weighted by Crippen LogP contribution is -2.43. The first-order chi connectivity index (χ1) is 13.5. The SMILES string of the molecule is CC(O)(Cn1c2c(c3cc(Cl)cnc31)CN(C1CCC1)CC2)c1cccnc1. The lowest BCUT2D eigenvalue weighted by Gasteiger charge is -2.40. The van der Waals surface area contributed by atoms with Gasteiger partial charge < -0.3 is 9.67 Å². The largest absolute Gasteiger partial charge is 0.384 e. The molecule has 5 nitrogen and oxygen atoms in total. The Morgan fingerprint density at radius 1 is 1.32 bits per heavy atom. The summed E-state index contributed by atoms with van der Waals surface area (Å²) in [5.41, 5.74) is 3.30. The van der Waals surface area contributed by atoms with E-state index in [1.54, 1.807) is 18.6 Å². The minimum absolute atomic E-state index is 0.447. The highest BCUT2D eigenvalue weighted by Gasteiger charge is 2.33. The summed E-state index contributed by atoms with van der Waals surface area (Å²) < 4.78 is 2.20. The maximum atomic E-state index is 11.2. The van der Waals surface area contributed by atoms with E-state index in [4.69, 9.17) is 11.6 Å². The van der Waals surface area contributed by atoms with Crippen LogP contribution in [0.5, 0.6) is 0 Å². The second kappa shape index (κ2) is 6.83. The van der Waals surface area contributed by atoms with Gasteiger partial charge in [-0.05, 0) is 37.5 Å². The van der Waals surface area contributed by atoms with E-state index < -0.39 is 5.60 Å². The first kappa shape index (κ1) is 18.1. The monoisotopic (exact) mass is 396 g/mol. The van der Waals surface area contributed by atoms with E-state index in [0.29, 0.717) is 11.6 Å². The molecule has 1 unspecified atom stereocenters. The summed E-state index contributed by atoms with van der Waals surface area (Å²) in [6.07, 6.45) is 10.1. The summed E-state index contributed by atoms with van der Waals surface area (Å²) in [5, 5.41) is 13.0. The van der Waals surface area contributed by atoms with E-state index in [9.17, 15) is 5.11 Å². The molecule has 28 heavy (non-hydrogen) atoms. The molecular formula is C22H25ClN4O. The Hall–Kier alpha value is -1.95. The van der Waals surface area contributed by atoms with Crippen molar-refractivity contribution in [3.63, 3.8) is 0 Å². The van der Waals surface area contributed by atoms with Gasteiger partial charge in [0.25, 0.3) is 0 Å². The van der Waals surface area contributed by atoms with Gasteiger partial charge in [0.15, 0.2) is 0 Å². The summed E-state index contributed by atoms with van der Waals surface area (Å²) >= 11 is 6.29. The fourth-order valence-electron chi connectivity index (χ4n) is 4.62. The summed E-state index contributed by atoms with van der Waals surface area (Å²) in [6, 6.07) is 6.54. The van der Waals surface area contributed by atoms with Crippen LogP contribution in [0, 0.1) is 0 Å². The Bertz CT molecular complexity index is 1010. The van der Waals surface area contributed by atoms with Crippen LogP contribution in [0.1, 0.15) is 43.0 Å². The van der Waals surface area contributed by atoms with Crippen molar-refractivity contribution >= 4 is 22.6 Å². The van der Waals surface area contributed by atoms with Gasteiger partial charge in [0.1, 0.15) is 11.2 Å². The molecule has 146 valence electrons. The van der Waals surface area contributed by atoms with Crippen molar-refractivity contribution in [2.45, 2.75) is 57.3 Å². The van der Waals surface area contributed by atoms with Gasteiger partial charge in [0, 0.05) is 60.8 Å². The highest BCUT2D eigenvalue weighted by atomic mass is 35.5. The van der Waals surface area contributed by atoms with Crippen molar-refractivity contribution in [1.29, 1.82) is 0 Å². The van der Waals surface area contributed by atoms with Gasteiger partial charge in [-0.2, -0.15) is 0 Å². The third-order valence-electron chi connectivity index (χ3n) is 6.43. The van der Waals surface area contributed by atoms with Crippen molar-refractivity contribution in [2.24, 2.45) is 0 Å². The molecule has 0 spiro atoms. The molecule has 1 aliphatic carbocycles. The molecule has 1 N–H and O–H groups in total. The lowest BCUT2D eigenvalue weighted by atomic mass is 9.89. The van der Waals surface area contributed by atoms with Crippen LogP contribution in [-0.4, -0.2) is 37.1 Å². The lowest BCUT2D eigenvalue weighted by molar-refractivity contribution is 0.0374. The Morgan fingerprint density at radius 3 is 2.89 bits per heavy atom. The quantitative estimate of drug-likeness (QED) is 0.726. The third kappa shape index (κ3) is 3.02. The van der Waals surface area contributed by atoms with Gasteiger partial charge in [-0.1, -0.05) is 24.1 Å². The Kier molecular flexibility index (Phi) is 4.42. The predicted molar refractivity (Wildman–Crippen MR) is 110 cm³/mol. The first-order valence-corrected chi connectivity index (χ1v) is 10.4. The minimum Gasteiger partial charge on any atom is -0.384 e.